The largest absolute Gasteiger partial charge is 0.465 e. The molecule has 0 aliphatic carbocycles. The number of benzene rings is 1. The first-order valence-electron chi connectivity index (χ1n) is 6.04. The molecular formula is C14H10N2O4S. The molecule has 0 saturated carbocycles. The number of nitro groups is 1. The summed E-state index contributed by atoms with van der Waals surface area (Å²) in [6.45, 7) is 0. The lowest BCUT2D eigenvalue weighted by atomic mass is 10.2. The number of nitrogens with zero attached hydrogens (tertiary/aromatic N) is 2. The Morgan fingerprint density at radius 2 is 2.05 bits per heavy atom. The molecule has 21 heavy (non-hydrogen) atoms. The smallest absolute Gasteiger partial charge is 0.350 e. The van der Waals surface area contributed by atoms with Gasteiger partial charge in [-0.25, -0.2) is 4.79 Å². The van der Waals surface area contributed by atoms with Gasteiger partial charge in [0, 0.05) is 34.6 Å². The number of thiophene rings is 1. The summed E-state index contributed by atoms with van der Waals surface area (Å²) in [5.41, 5.74) is 0.681. The number of nitro benzene ring substituents is 1. The molecule has 2 heterocycles. The van der Waals surface area contributed by atoms with Crippen LogP contribution in [-0.2, 0) is 4.74 Å². The lowest BCUT2D eigenvalue weighted by molar-refractivity contribution is -0.384. The van der Waals surface area contributed by atoms with Crippen LogP contribution in [0.2, 0.25) is 0 Å². The van der Waals surface area contributed by atoms with Crippen molar-refractivity contribution in [3.8, 4) is 5.69 Å². The van der Waals surface area contributed by atoms with Gasteiger partial charge in [0.25, 0.3) is 5.69 Å². The number of aromatic nitrogens is 1. The first-order valence-corrected chi connectivity index (χ1v) is 6.86. The normalized spacial score (nSPS) is 10.7. The Kier molecular flexibility index (Phi) is 3.19. The first kappa shape index (κ1) is 13.3. The Hall–Kier alpha value is -2.67. The molecule has 7 heteroatoms. The van der Waals surface area contributed by atoms with Crippen molar-refractivity contribution in [2.75, 3.05) is 7.11 Å². The molecule has 0 unspecified atom stereocenters. The van der Waals surface area contributed by atoms with E-state index in [2.05, 4.69) is 0 Å². The summed E-state index contributed by atoms with van der Waals surface area (Å²) >= 11 is 1.19. The minimum Gasteiger partial charge on any atom is -0.465 e. The second kappa shape index (κ2) is 5.02. The van der Waals surface area contributed by atoms with Crippen molar-refractivity contribution >= 4 is 33.1 Å². The van der Waals surface area contributed by atoms with Crippen LogP contribution in [0.1, 0.15) is 9.67 Å². The molecule has 0 aliphatic rings. The minimum absolute atomic E-state index is 0.000720. The quantitative estimate of drug-likeness (QED) is 0.422. The standard InChI is InChI=1S/C14H10N2O4S/c1-20-14(17)13-12(15-6-2-3-7-15)10-5-4-9(16(18)19)8-11(10)21-13/h2-8H,1H3. The van der Waals surface area contributed by atoms with Crippen LogP contribution < -0.4 is 0 Å². The molecule has 0 amide bonds. The average Bonchev–Trinajstić information content (AvgIpc) is 3.11. The lowest BCUT2D eigenvalue weighted by Gasteiger charge is -2.04. The summed E-state index contributed by atoms with van der Waals surface area (Å²) in [6, 6.07) is 8.25. The van der Waals surface area contributed by atoms with Crippen LogP contribution in [0.25, 0.3) is 15.8 Å². The number of hydrogen-bond donors (Lipinski definition) is 0. The summed E-state index contributed by atoms with van der Waals surface area (Å²) in [5.74, 6) is -0.456. The molecule has 6 nitrogen and oxygen atoms in total. The third-order valence-corrected chi connectivity index (χ3v) is 4.21. The van der Waals surface area contributed by atoms with Gasteiger partial charge < -0.3 is 9.30 Å². The van der Waals surface area contributed by atoms with E-state index < -0.39 is 10.9 Å². The van der Waals surface area contributed by atoms with Crippen molar-refractivity contribution in [2.24, 2.45) is 0 Å². The maximum Gasteiger partial charge on any atom is 0.350 e. The average molecular weight is 302 g/mol. The molecule has 0 radical (unpaired) electrons. The van der Waals surface area contributed by atoms with E-state index >= 15 is 0 Å². The second-order valence-corrected chi connectivity index (χ2v) is 5.35. The lowest BCUT2D eigenvalue weighted by Crippen LogP contribution is -2.03. The zero-order chi connectivity index (χ0) is 15.0. The van der Waals surface area contributed by atoms with Gasteiger partial charge in [-0.3, -0.25) is 10.1 Å². The summed E-state index contributed by atoms with van der Waals surface area (Å²) < 4.78 is 7.28. The van der Waals surface area contributed by atoms with E-state index in [1.165, 1.54) is 30.6 Å². The number of hydrogen-bond acceptors (Lipinski definition) is 5. The Morgan fingerprint density at radius 1 is 1.33 bits per heavy atom. The van der Waals surface area contributed by atoms with Crippen molar-refractivity contribution < 1.29 is 14.5 Å². The van der Waals surface area contributed by atoms with Gasteiger partial charge >= 0.3 is 5.97 Å². The number of esters is 1. The molecule has 0 fully saturated rings. The third kappa shape index (κ3) is 2.17. The molecule has 3 aromatic rings. The number of carbonyl (C=O) groups excluding carboxylic acids is 1. The van der Waals surface area contributed by atoms with Crippen molar-refractivity contribution in [1.82, 2.24) is 4.57 Å². The van der Waals surface area contributed by atoms with Crippen molar-refractivity contribution in [1.29, 1.82) is 0 Å². The van der Waals surface area contributed by atoms with Crippen molar-refractivity contribution in [3.05, 3.63) is 57.7 Å². The van der Waals surface area contributed by atoms with Gasteiger partial charge in [-0.15, -0.1) is 11.3 Å². The summed E-state index contributed by atoms with van der Waals surface area (Å²) in [6.07, 6.45) is 3.63. The van der Waals surface area contributed by atoms with Gasteiger partial charge in [0.15, 0.2) is 0 Å². The maximum absolute atomic E-state index is 12.0. The maximum atomic E-state index is 12.0. The molecule has 3 rings (SSSR count). The molecule has 0 N–H and O–H groups in total. The summed E-state index contributed by atoms with van der Waals surface area (Å²) in [7, 11) is 1.31. The minimum atomic E-state index is -0.456. The third-order valence-electron chi connectivity index (χ3n) is 3.09. The summed E-state index contributed by atoms with van der Waals surface area (Å²) in [5, 5.41) is 11.6. The first-order chi connectivity index (χ1) is 10.1. The van der Waals surface area contributed by atoms with Crippen molar-refractivity contribution in [2.45, 2.75) is 0 Å². The summed E-state index contributed by atoms with van der Waals surface area (Å²) in [4.78, 5) is 22.8. The SMILES string of the molecule is COC(=O)c1sc2cc([N+](=O)[O-])ccc2c1-n1cccc1. The zero-order valence-corrected chi connectivity index (χ0v) is 11.8. The monoisotopic (exact) mass is 302 g/mol. The molecular weight excluding hydrogens is 292 g/mol. The molecule has 106 valence electrons. The molecule has 0 bridgehead atoms. The highest BCUT2D eigenvalue weighted by atomic mass is 32.1. The highest BCUT2D eigenvalue weighted by Crippen LogP contribution is 2.36. The van der Waals surface area contributed by atoms with E-state index in [1.807, 2.05) is 24.5 Å². The number of methoxy groups -OCH3 is 1. The van der Waals surface area contributed by atoms with Gasteiger partial charge in [-0.2, -0.15) is 0 Å². The number of ether oxygens (including phenoxy) is 1. The van der Waals surface area contributed by atoms with E-state index in [0.29, 0.717) is 15.3 Å². The number of carbonyl (C=O) groups is 1. The fourth-order valence-electron chi connectivity index (χ4n) is 2.16. The molecule has 0 saturated heterocycles. The zero-order valence-electron chi connectivity index (χ0n) is 11.0. The van der Waals surface area contributed by atoms with Crippen LogP contribution in [0.5, 0.6) is 0 Å². The number of non-ortho nitro benzene ring substituents is 1. The van der Waals surface area contributed by atoms with Crippen LogP contribution in [-0.4, -0.2) is 22.6 Å². The Morgan fingerprint density at radius 3 is 2.67 bits per heavy atom. The fraction of sp³-hybridized carbons (Fsp3) is 0.0714. The van der Waals surface area contributed by atoms with E-state index in [4.69, 9.17) is 4.74 Å². The fourth-order valence-corrected chi connectivity index (χ4v) is 3.31. The highest BCUT2D eigenvalue weighted by molar-refractivity contribution is 7.21. The number of rotatable bonds is 3. The van der Waals surface area contributed by atoms with Crippen molar-refractivity contribution in [3.63, 3.8) is 0 Å². The van der Waals surface area contributed by atoms with Crippen LogP contribution >= 0.6 is 11.3 Å². The number of fused-ring (bicyclic) bond motifs is 1. The predicted molar refractivity (Wildman–Crippen MR) is 79.1 cm³/mol. The van der Waals surface area contributed by atoms with Crippen LogP contribution in [0.15, 0.2) is 42.7 Å². The van der Waals surface area contributed by atoms with E-state index in [-0.39, 0.29) is 5.69 Å². The Balaban J connectivity index is 2.31. The van der Waals surface area contributed by atoms with E-state index in [9.17, 15) is 14.9 Å². The van der Waals surface area contributed by atoms with Gasteiger partial charge in [0.1, 0.15) is 4.88 Å². The highest BCUT2D eigenvalue weighted by Gasteiger charge is 2.21. The topological polar surface area (TPSA) is 74.4 Å². The van der Waals surface area contributed by atoms with Gasteiger partial charge in [-0.05, 0) is 18.2 Å². The molecule has 0 aliphatic heterocycles. The van der Waals surface area contributed by atoms with Crippen LogP contribution in [0.3, 0.4) is 0 Å². The van der Waals surface area contributed by atoms with Crippen LogP contribution in [0, 0.1) is 10.1 Å². The Bertz CT molecular complexity index is 836. The predicted octanol–water partition coefficient (Wildman–Crippen LogP) is 3.39. The molecule has 0 spiro atoms. The molecule has 1 aromatic carbocycles. The van der Waals surface area contributed by atoms with Crippen LogP contribution in [0.4, 0.5) is 5.69 Å². The van der Waals surface area contributed by atoms with Gasteiger partial charge in [0.2, 0.25) is 0 Å². The van der Waals surface area contributed by atoms with Gasteiger partial charge in [-0.1, -0.05) is 0 Å². The Labute approximate surface area is 123 Å². The molecule has 0 atom stereocenters. The second-order valence-electron chi connectivity index (χ2n) is 4.30. The van der Waals surface area contributed by atoms with E-state index in [1.54, 1.807) is 10.6 Å². The van der Waals surface area contributed by atoms with E-state index in [0.717, 1.165) is 5.39 Å². The molecule has 2 aromatic heterocycles. The van der Waals surface area contributed by atoms with Gasteiger partial charge in [0.05, 0.1) is 17.7 Å².